The van der Waals surface area contributed by atoms with Crippen LogP contribution < -0.4 is 11.3 Å². The van der Waals surface area contributed by atoms with E-state index in [0.29, 0.717) is 12.2 Å². The molecule has 1 heterocycles. The van der Waals surface area contributed by atoms with Crippen LogP contribution in [0.4, 0.5) is 0 Å². The van der Waals surface area contributed by atoms with Gasteiger partial charge in [0.05, 0.1) is 12.7 Å². The van der Waals surface area contributed by atoms with E-state index in [0.717, 1.165) is 36.1 Å². The predicted octanol–water partition coefficient (Wildman–Crippen LogP) is 1.75. The number of ether oxygens (including phenoxy) is 2. The maximum Gasteiger partial charge on any atom is 0.265 e. The van der Waals surface area contributed by atoms with Crippen LogP contribution in [0.1, 0.15) is 28.8 Å². The third-order valence-corrected chi connectivity index (χ3v) is 3.83. The van der Waals surface area contributed by atoms with Gasteiger partial charge in [0.1, 0.15) is 0 Å². The molecule has 0 aromatic heterocycles. The Labute approximate surface area is 120 Å². The monoisotopic (exact) mass is 328 g/mol. The van der Waals surface area contributed by atoms with Crippen molar-refractivity contribution in [2.45, 2.75) is 25.6 Å². The van der Waals surface area contributed by atoms with Gasteiger partial charge in [-0.1, -0.05) is 22.0 Å². The van der Waals surface area contributed by atoms with Crippen molar-refractivity contribution in [2.24, 2.45) is 5.84 Å². The molecule has 1 aromatic rings. The lowest BCUT2D eigenvalue weighted by molar-refractivity contribution is -0.0392. The first-order chi connectivity index (χ1) is 9.20. The van der Waals surface area contributed by atoms with Crippen molar-refractivity contribution in [3.8, 4) is 0 Å². The van der Waals surface area contributed by atoms with Gasteiger partial charge in [0.2, 0.25) is 0 Å². The average molecular weight is 329 g/mol. The summed E-state index contributed by atoms with van der Waals surface area (Å²) in [5.74, 6) is 4.79. The average Bonchev–Trinajstić information content (AvgIpc) is 2.46. The molecule has 1 aliphatic rings. The lowest BCUT2D eigenvalue weighted by Crippen LogP contribution is -2.30. The van der Waals surface area contributed by atoms with Gasteiger partial charge in [-0.3, -0.25) is 10.2 Å². The number of hydrazine groups is 1. The van der Waals surface area contributed by atoms with E-state index in [2.05, 4.69) is 21.4 Å². The SMILES string of the molecule is NNC(=O)c1ccc(COC2CCOCC2)c(Br)c1. The molecule has 2 rings (SSSR count). The predicted molar refractivity (Wildman–Crippen MR) is 74.4 cm³/mol. The highest BCUT2D eigenvalue weighted by Crippen LogP contribution is 2.21. The second-order valence-electron chi connectivity index (χ2n) is 4.40. The third-order valence-electron chi connectivity index (χ3n) is 3.09. The van der Waals surface area contributed by atoms with Gasteiger partial charge in [-0.15, -0.1) is 0 Å². The van der Waals surface area contributed by atoms with Crippen LogP contribution >= 0.6 is 15.9 Å². The van der Waals surface area contributed by atoms with E-state index >= 15 is 0 Å². The molecule has 3 N–H and O–H groups in total. The molecule has 1 aliphatic heterocycles. The van der Waals surface area contributed by atoms with Crippen LogP contribution in [-0.4, -0.2) is 25.2 Å². The number of nitrogens with one attached hydrogen (secondary N) is 1. The molecule has 0 aliphatic carbocycles. The number of rotatable bonds is 4. The first-order valence-electron chi connectivity index (χ1n) is 6.19. The van der Waals surface area contributed by atoms with Crippen LogP contribution in [0.15, 0.2) is 22.7 Å². The molecule has 1 aromatic carbocycles. The number of halogens is 1. The number of hydrogen-bond donors (Lipinski definition) is 2. The van der Waals surface area contributed by atoms with Gasteiger partial charge in [-0.25, -0.2) is 5.84 Å². The first-order valence-corrected chi connectivity index (χ1v) is 6.98. The van der Waals surface area contributed by atoms with Crippen LogP contribution in [0.2, 0.25) is 0 Å². The van der Waals surface area contributed by atoms with Crippen molar-refractivity contribution in [3.63, 3.8) is 0 Å². The van der Waals surface area contributed by atoms with Crippen molar-refractivity contribution in [1.82, 2.24) is 5.43 Å². The highest BCUT2D eigenvalue weighted by molar-refractivity contribution is 9.10. The normalized spacial score (nSPS) is 16.3. The van der Waals surface area contributed by atoms with Crippen LogP contribution in [0, 0.1) is 0 Å². The van der Waals surface area contributed by atoms with Gasteiger partial charge >= 0.3 is 0 Å². The molecule has 1 amide bonds. The fourth-order valence-electron chi connectivity index (χ4n) is 1.94. The Morgan fingerprint density at radius 3 is 2.84 bits per heavy atom. The summed E-state index contributed by atoms with van der Waals surface area (Å²) >= 11 is 3.44. The van der Waals surface area contributed by atoms with E-state index in [9.17, 15) is 4.79 Å². The van der Waals surface area contributed by atoms with Crippen LogP contribution in [-0.2, 0) is 16.1 Å². The van der Waals surface area contributed by atoms with E-state index in [1.165, 1.54) is 0 Å². The Morgan fingerprint density at radius 1 is 1.47 bits per heavy atom. The summed E-state index contributed by atoms with van der Waals surface area (Å²) in [6.45, 7) is 2.05. The largest absolute Gasteiger partial charge is 0.381 e. The summed E-state index contributed by atoms with van der Waals surface area (Å²) in [7, 11) is 0. The van der Waals surface area contributed by atoms with E-state index in [1.54, 1.807) is 12.1 Å². The van der Waals surface area contributed by atoms with Crippen molar-refractivity contribution in [2.75, 3.05) is 13.2 Å². The second-order valence-corrected chi connectivity index (χ2v) is 5.26. The lowest BCUT2D eigenvalue weighted by Gasteiger charge is -2.22. The molecule has 19 heavy (non-hydrogen) atoms. The van der Waals surface area contributed by atoms with Crippen molar-refractivity contribution < 1.29 is 14.3 Å². The Morgan fingerprint density at radius 2 is 2.21 bits per heavy atom. The fraction of sp³-hybridized carbons (Fsp3) is 0.462. The molecule has 104 valence electrons. The Hall–Kier alpha value is -0.950. The lowest BCUT2D eigenvalue weighted by atomic mass is 10.1. The second kappa shape index (κ2) is 7.00. The van der Waals surface area contributed by atoms with E-state index < -0.39 is 0 Å². The summed E-state index contributed by atoms with van der Waals surface area (Å²) < 4.78 is 12.0. The van der Waals surface area contributed by atoms with Gasteiger partial charge in [-0.05, 0) is 30.5 Å². The van der Waals surface area contributed by atoms with Crippen LogP contribution in [0.3, 0.4) is 0 Å². The maximum absolute atomic E-state index is 11.4. The first kappa shape index (κ1) is 14.5. The van der Waals surface area contributed by atoms with E-state index in [-0.39, 0.29) is 12.0 Å². The molecule has 6 heteroatoms. The van der Waals surface area contributed by atoms with Gasteiger partial charge in [0.25, 0.3) is 5.91 Å². The molecule has 0 unspecified atom stereocenters. The molecular formula is C13H17BrN2O3. The van der Waals surface area contributed by atoms with Crippen LogP contribution in [0.5, 0.6) is 0 Å². The summed E-state index contributed by atoms with van der Waals surface area (Å²) in [4.78, 5) is 11.4. The third kappa shape index (κ3) is 4.01. The summed E-state index contributed by atoms with van der Waals surface area (Å²) in [5, 5.41) is 0. The number of nitrogens with two attached hydrogens (primary N) is 1. The molecular weight excluding hydrogens is 312 g/mol. The topological polar surface area (TPSA) is 73.6 Å². The summed E-state index contributed by atoms with van der Waals surface area (Å²) in [6, 6.07) is 5.34. The van der Waals surface area contributed by atoms with E-state index in [4.69, 9.17) is 15.3 Å². The van der Waals surface area contributed by atoms with Gasteiger partial charge in [0.15, 0.2) is 0 Å². The summed E-state index contributed by atoms with van der Waals surface area (Å²) in [6.07, 6.45) is 2.13. The van der Waals surface area contributed by atoms with Crippen molar-refractivity contribution in [3.05, 3.63) is 33.8 Å². The van der Waals surface area contributed by atoms with Gasteiger partial charge < -0.3 is 9.47 Å². The highest BCUT2D eigenvalue weighted by Gasteiger charge is 2.15. The number of amides is 1. The zero-order valence-electron chi connectivity index (χ0n) is 10.5. The number of carbonyl (C=O) groups excluding carboxylic acids is 1. The van der Waals surface area contributed by atoms with Crippen molar-refractivity contribution >= 4 is 21.8 Å². The molecule has 0 spiro atoms. The highest BCUT2D eigenvalue weighted by atomic mass is 79.9. The Balaban J connectivity index is 1.95. The molecule has 0 bridgehead atoms. The Bertz CT molecular complexity index is 448. The molecule has 5 nitrogen and oxygen atoms in total. The quantitative estimate of drug-likeness (QED) is 0.501. The standard InChI is InChI=1S/C13H17BrN2O3/c14-12-7-9(13(17)16-15)1-2-10(12)8-19-11-3-5-18-6-4-11/h1-2,7,11H,3-6,8,15H2,(H,16,17). The molecule has 0 atom stereocenters. The number of hydrogen-bond acceptors (Lipinski definition) is 4. The zero-order valence-corrected chi connectivity index (χ0v) is 12.1. The molecule has 1 fully saturated rings. The molecule has 1 saturated heterocycles. The maximum atomic E-state index is 11.4. The fourth-order valence-corrected chi connectivity index (χ4v) is 2.43. The van der Waals surface area contributed by atoms with Gasteiger partial charge in [0, 0.05) is 23.2 Å². The minimum atomic E-state index is -0.308. The summed E-state index contributed by atoms with van der Waals surface area (Å²) in [5.41, 5.74) is 3.64. The zero-order chi connectivity index (χ0) is 13.7. The van der Waals surface area contributed by atoms with E-state index in [1.807, 2.05) is 6.07 Å². The number of nitrogen functional groups attached to an aromatic ring is 1. The smallest absolute Gasteiger partial charge is 0.265 e. The molecule has 0 saturated carbocycles. The van der Waals surface area contributed by atoms with Gasteiger partial charge in [-0.2, -0.15) is 0 Å². The number of benzene rings is 1. The van der Waals surface area contributed by atoms with Crippen LogP contribution in [0.25, 0.3) is 0 Å². The van der Waals surface area contributed by atoms with Crippen molar-refractivity contribution in [1.29, 1.82) is 0 Å². The Kier molecular flexibility index (Phi) is 5.33. The molecule has 0 radical (unpaired) electrons. The minimum Gasteiger partial charge on any atom is -0.381 e. The number of carbonyl (C=O) groups is 1. The minimum absolute atomic E-state index is 0.257.